The zero-order valence-electron chi connectivity index (χ0n) is 14.3. The number of Topliss-reactive ketones (excluding diaryl/α,β-unsaturated/α-hetero) is 1. The van der Waals surface area contributed by atoms with E-state index in [0.717, 1.165) is 11.3 Å². The van der Waals surface area contributed by atoms with Crippen molar-refractivity contribution in [3.63, 3.8) is 0 Å². The van der Waals surface area contributed by atoms with Gasteiger partial charge in [-0.15, -0.1) is 0 Å². The first-order valence-electron chi connectivity index (χ1n) is 8.16. The van der Waals surface area contributed by atoms with E-state index in [1.54, 1.807) is 24.3 Å². The van der Waals surface area contributed by atoms with E-state index in [-0.39, 0.29) is 19.2 Å². The molecule has 3 rings (SSSR count). The summed E-state index contributed by atoms with van der Waals surface area (Å²) in [6.45, 7) is 2.30. The minimum Gasteiger partial charge on any atom is -0.494 e. The Kier molecular flexibility index (Phi) is 5.53. The third kappa shape index (κ3) is 4.42. The summed E-state index contributed by atoms with van der Waals surface area (Å²) in [5.74, 6) is 0.968. The Morgan fingerprint density at radius 1 is 1.08 bits per heavy atom. The highest BCUT2D eigenvalue weighted by molar-refractivity contribution is 5.99. The highest BCUT2D eigenvalue weighted by Gasteiger charge is 2.16. The number of benzene rings is 2. The first kappa shape index (κ1) is 17.5. The van der Waals surface area contributed by atoms with Gasteiger partial charge in [-0.2, -0.15) is 0 Å². The summed E-state index contributed by atoms with van der Waals surface area (Å²) < 4.78 is 20.8. The number of hydrogen-bond acceptors (Lipinski definition) is 6. The Morgan fingerprint density at radius 2 is 1.85 bits per heavy atom. The number of carbonyl (C=O) groups is 2. The summed E-state index contributed by atoms with van der Waals surface area (Å²) in [5.41, 5.74) is 1.23. The molecule has 0 unspecified atom stereocenters. The minimum atomic E-state index is -0.590. The van der Waals surface area contributed by atoms with Gasteiger partial charge < -0.3 is 18.9 Å². The molecule has 0 saturated carbocycles. The molecular weight excluding hydrogens is 336 g/mol. The molecule has 1 aliphatic heterocycles. The zero-order valence-corrected chi connectivity index (χ0v) is 14.3. The predicted octanol–water partition coefficient (Wildman–Crippen LogP) is 3.25. The van der Waals surface area contributed by atoms with E-state index in [9.17, 15) is 9.59 Å². The fraction of sp³-hybridized carbons (Fsp3) is 0.200. The van der Waals surface area contributed by atoms with E-state index < -0.39 is 5.97 Å². The molecule has 0 N–H and O–H groups in total. The quantitative estimate of drug-likeness (QED) is 0.432. The van der Waals surface area contributed by atoms with E-state index in [4.69, 9.17) is 18.9 Å². The summed E-state index contributed by atoms with van der Waals surface area (Å²) in [5, 5.41) is 0. The Bertz CT molecular complexity index is 823. The summed E-state index contributed by atoms with van der Waals surface area (Å²) in [7, 11) is 0. The van der Waals surface area contributed by atoms with Gasteiger partial charge in [0.2, 0.25) is 6.79 Å². The van der Waals surface area contributed by atoms with Crippen molar-refractivity contribution in [1.29, 1.82) is 0 Å². The third-order valence-electron chi connectivity index (χ3n) is 3.64. The third-order valence-corrected chi connectivity index (χ3v) is 3.64. The van der Waals surface area contributed by atoms with E-state index in [1.165, 1.54) is 6.08 Å². The van der Waals surface area contributed by atoms with Gasteiger partial charge in [0.25, 0.3) is 0 Å². The molecule has 0 amide bonds. The molecule has 2 aromatic rings. The van der Waals surface area contributed by atoms with Crippen LogP contribution in [0.3, 0.4) is 0 Å². The molecule has 0 spiro atoms. The van der Waals surface area contributed by atoms with Crippen LogP contribution >= 0.6 is 0 Å². The van der Waals surface area contributed by atoms with Crippen molar-refractivity contribution >= 4 is 17.8 Å². The van der Waals surface area contributed by atoms with Crippen LogP contribution < -0.4 is 14.2 Å². The maximum absolute atomic E-state index is 12.1. The summed E-state index contributed by atoms with van der Waals surface area (Å²) >= 11 is 0. The fourth-order valence-corrected chi connectivity index (χ4v) is 2.34. The van der Waals surface area contributed by atoms with Crippen LogP contribution in [0.4, 0.5) is 0 Å². The second kappa shape index (κ2) is 8.20. The van der Waals surface area contributed by atoms with Crippen LogP contribution in [-0.4, -0.2) is 31.8 Å². The van der Waals surface area contributed by atoms with E-state index in [0.29, 0.717) is 23.7 Å². The van der Waals surface area contributed by atoms with Gasteiger partial charge in [-0.25, -0.2) is 4.79 Å². The number of ether oxygens (including phenoxy) is 4. The Labute approximate surface area is 150 Å². The van der Waals surface area contributed by atoms with Gasteiger partial charge in [-0.3, -0.25) is 4.79 Å². The van der Waals surface area contributed by atoms with Crippen LogP contribution in [-0.2, 0) is 9.53 Å². The number of esters is 1. The van der Waals surface area contributed by atoms with Crippen molar-refractivity contribution in [3.8, 4) is 17.2 Å². The lowest BCUT2D eigenvalue weighted by atomic mass is 10.1. The van der Waals surface area contributed by atoms with Crippen LogP contribution in [0.2, 0.25) is 0 Å². The SMILES string of the molecule is CCOc1ccc(/C=C/C(=O)OCC(=O)c2ccc3c(c2)OCO3)cc1. The molecule has 0 aromatic heterocycles. The highest BCUT2D eigenvalue weighted by atomic mass is 16.7. The molecule has 0 bridgehead atoms. The van der Waals surface area contributed by atoms with Crippen LogP contribution in [0.5, 0.6) is 17.2 Å². The number of rotatable bonds is 7. The van der Waals surface area contributed by atoms with Crippen LogP contribution in [0.15, 0.2) is 48.5 Å². The molecule has 1 aliphatic rings. The first-order chi connectivity index (χ1) is 12.7. The van der Waals surface area contributed by atoms with Gasteiger partial charge in [0.15, 0.2) is 23.9 Å². The number of ketones is 1. The van der Waals surface area contributed by atoms with Gasteiger partial charge in [0, 0.05) is 11.6 Å². The number of fused-ring (bicyclic) bond motifs is 1. The van der Waals surface area contributed by atoms with Gasteiger partial charge in [0.1, 0.15) is 5.75 Å². The standard InChI is InChI=1S/C20H18O6/c1-2-23-16-7-3-14(4-8-16)5-10-20(22)24-12-17(21)15-6-9-18-19(11-15)26-13-25-18/h3-11H,2,12-13H2,1H3/b10-5+. The summed E-state index contributed by atoms with van der Waals surface area (Å²) in [4.78, 5) is 23.9. The molecule has 0 saturated heterocycles. The highest BCUT2D eigenvalue weighted by Crippen LogP contribution is 2.32. The van der Waals surface area contributed by atoms with Crippen LogP contribution in [0, 0.1) is 0 Å². The second-order valence-electron chi connectivity index (χ2n) is 5.43. The Balaban J connectivity index is 1.51. The minimum absolute atomic E-state index is 0.137. The summed E-state index contributed by atoms with van der Waals surface area (Å²) in [6.07, 6.45) is 2.89. The lowest BCUT2D eigenvalue weighted by Gasteiger charge is -2.04. The molecule has 0 radical (unpaired) electrons. The molecule has 0 fully saturated rings. The lowest BCUT2D eigenvalue weighted by Crippen LogP contribution is -2.12. The normalized spacial score (nSPS) is 12.2. The first-order valence-corrected chi connectivity index (χ1v) is 8.16. The molecule has 1 heterocycles. The second-order valence-corrected chi connectivity index (χ2v) is 5.43. The monoisotopic (exact) mass is 354 g/mol. The van der Waals surface area contributed by atoms with Crippen molar-refractivity contribution in [2.45, 2.75) is 6.92 Å². The van der Waals surface area contributed by atoms with Crippen molar-refractivity contribution in [2.24, 2.45) is 0 Å². The molecule has 6 heteroatoms. The average molecular weight is 354 g/mol. The molecule has 0 atom stereocenters. The van der Waals surface area contributed by atoms with Crippen molar-refractivity contribution in [2.75, 3.05) is 20.0 Å². The van der Waals surface area contributed by atoms with Crippen LogP contribution in [0.1, 0.15) is 22.8 Å². The topological polar surface area (TPSA) is 71.1 Å². The Morgan fingerprint density at radius 3 is 2.62 bits per heavy atom. The zero-order chi connectivity index (χ0) is 18.4. The predicted molar refractivity (Wildman–Crippen MR) is 94.5 cm³/mol. The van der Waals surface area contributed by atoms with Crippen molar-refractivity contribution in [3.05, 3.63) is 59.7 Å². The fourth-order valence-electron chi connectivity index (χ4n) is 2.34. The lowest BCUT2D eigenvalue weighted by molar-refractivity contribution is -0.136. The maximum Gasteiger partial charge on any atom is 0.331 e. The van der Waals surface area contributed by atoms with Gasteiger partial charge in [0.05, 0.1) is 6.61 Å². The molecular formula is C20H18O6. The van der Waals surface area contributed by atoms with E-state index >= 15 is 0 Å². The largest absolute Gasteiger partial charge is 0.494 e. The average Bonchev–Trinajstić information content (AvgIpc) is 3.13. The Hall–Kier alpha value is -3.28. The molecule has 6 nitrogen and oxygen atoms in total. The van der Waals surface area contributed by atoms with Crippen LogP contribution in [0.25, 0.3) is 6.08 Å². The van der Waals surface area contributed by atoms with E-state index in [2.05, 4.69) is 0 Å². The molecule has 2 aromatic carbocycles. The maximum atomic E-state index is 12.1. The number of carbonyl (C=O) groups excluding carboxylic acids is 2. The van der Waals surface area contributed by atoms with E-state index in [1.807, 2.05) is 31.2 Å². The molecule has 134 valence electrons. The van der Waals surface area contributed by atoms with Crippen molar-refractivity contribution < 1.29 is 28.5 Å². The smallest absolute Gasteiger partial charge is 0.331 e. The van der Waals surface area contributed by atoms with Gasteiger partial charge >= 0.3 is 5.97 Å². The molecule has 26 heavy (non-hydrogen) atoms. The number of hydrogen-bond donors (Lipinski definition) is 0. The summed E-state index contributed by atoms with van der Waals surface area (Å²) in [6, 6.07) is 12.1. The van der Waals surface area contributed by atoms with Crippen molar-refractivity contribution in [1.82, 2.24) is 0 Å². The van der Waals surface area contributed by atoms with Gasteiger partial charge in [-0.05, 0) is 48.9 Å². The molecule has 0 aliphatic carbocycles. The van der Waals surface area contributed by atoms with Gasteiger partial charge in [-0.1, -0.05) is 12.1 Å².